The lowest BCUT2D eigenvalue weighted by Gasteiger charge is -2.21. The molecule has 3 rings (SSSR count). The number of nitrogens with zero attached hydrogens (tertiary/aromatic N) is 2. The molecule has 1 aliphatic carbocycles. The van der Waals surface area contributed by atoms with Crippen molar-refractivity contribution >= 4 is 40.8 Å². The minimum absolute atomic E-state index is 0.0117. The number of hydrogen-bond acceptors (Lipinski definition) is 4. The standard InChI is InChI=1S/C15H13Cl3N2O3/c1-20(2)15(3-4-15)13-11(14(21)22)12(19-23-13)10-8(17)5-7(16)6-9(10)18/h5-6H,3-4H2,1-2H3,(H,21,22). The summed E-state index contributed by atoms with van der Waals surface area (Å²) in [5, 5.41) is 14.4. The van der Waals surface area contributed by atoms with Gasteiger partial charge < -0.3 is 9.63 Å². The lowest BCUT2D eigenvalue weighted by molar-refractivity contribution is 0.0690. The van der Waals surface area contributed by atoms with Gasteiger partial charge in [-0.15, -0.1) is 0 Å². The van der Waals surface area contributed by atoms with E-state index < -0.39 is 11.5 Å². The van der Waals surface area contributed by atoms with E-state index in [1.807, 2.05) is 19.0 Å². The molecule has 0 aliphatic heterocycles. The molecule has 0 bridgehead atoms. The van der Waals surface area contributed by atoms with Gasteiger partial charge in [-0.25, -0.2) is 4.79 Å². The Kier molecular flexibility index (Phi) is 4.09. The van der Waals surface area contributed by atoms with Gasteiger partial charge in [0.15, 0.2) is 5.76 Å². The van der Waals surface area contributed by atoms with E-state index in [1.165, 1.54) is 12.1 Å². The number of carboxylic acid groups (broad SMARTS) is 1. The highest BCUT2D eigenvalue weighted by Crippen LogP contribution is 2.52. The van der Waals surface area contributed by atoms with Gasteiger partial charge in [0, 0.05) is 10.6 Å². The smallest absolute Gasteiger partial charge is 0.341 e. The minimum Gasteiger partial charge on any atom is -0.477 e. The van der Waals surface area contributed by atoms with Crippen LogP contribution in [0.5, 0.6) is 0 Å². The summed E-state index contributed by atoms with van der Waals surface area (Å²) < 4.78 is 5.42. The zero-order valence-electron chi connectivity index (χ0n) is 12.4. The highest BCUT2D eigenvalue weighted by Gasteiger charge is 2.53. The quantitative estimate of drug-likeness (QED) is 0.849. The van der Waals surface area contributed by atoms with E-state index in [0.29, 0.717) is 16.3 Å². The first-order valence-electron chi connectivity index (χ1n) is 6.83. The van der Waals surface area contributed by atoms with Crippen LogP contribution < -0.4 is 0 Å². The Morgan fingerprint density at radius 1 is 1.26 bits per heavy atom. The van der Waals surface area contributed by atoms with E-state index >= 15 is 0 Å². The Hall–Kier alpha value is -1.27. The molecule has 1 heterocycles. The molecule has 5 nitrogen and oxygen atoms in total. The van der Waals surface area contributed by atoms with Crippen molar-refractivity contribution in [3.63, 3.8) is 0 Å². The van der Waals surface area contributed by atoms with E-state index in [0.717, 1.165) is 12.8 Å². The number of aromatic nitrogens is 1. The maximum Gasteiger partial charge on any atom is 0.341 e. The fourth-order valence-electron chi connectivity index (χ4n) is 2.74. The van der Waals surface area contributed by atoms with Gasteiger partial charge >= 0.3 is 5.97 Å². The summed E-state index contributed by atoms with van der Waals surface area (Å²) in [6.07, 6.45) is 1.61. The van der Waals surface area contributed by atoms with Crippen LogP contribution in [0.15, 0.2) is 16.7 Å². The van der Waals surface area contributed by atoms with Crippen LogP contribution in [0.25, 0.3) is 11.3 Å². The first kappa shape index (κ1) is 16.6. The first-order valence-corrected chi connectivity index (χ1v) is 7.97. The molecule has 1 N–H and O–H groups in total. The van der Waals surface area contributed by atoms with Crippen molar-refractivity contribution in [3.8, 4) is 11.3 Å². The van der Waals surface area contributed by atoms with Gasteiger partial charge in [-0.1, -0.05) is 40.0 Å². The fourth-order valence-corrected chi connectivity index (χ4v) is 3.74. The van der Waals surface area contributed by atoms with Crippen LogP contribution in [0.3, 0.4) is 0 Å². The zero-order chi connectivity index (χ0) is 16.9. The Morgan fingerprint density at radius 2 is 1.83 bits per heavy atom. The van der Waals surface area contributed by atoms with Crippen molar-refractivity contribution in [2.75, 3.05) is 14.1 Å². The number of rotatable bonds is 4. The molecule has 0 spiro atoms. The first-order chi connectivity index (χ1) is 10.8. The summed E-state index contributed by atoms with van der Waals surface area (Å²) in [6, 6.07) is 2.98. The van der Waals surface area contributed by atoms with E-state index in [2.05, 4.69) is 5.16 Å². The van der Waals surface area contributed by atoms with E-state index in [9.17, 15) is 9.90 Å². The molecule has 8 heteroatoms. The number of benzene rings is 1. The Bertz CT molecular complexity index is 774. The van der Waals surface area contributed by atoms with Gasteiger partial charge in [-0.3, -0.25) is 4.90 Å². The molecule has 1 aliphatic rings. The van der Waals surface area contributed by atoms with Crippen molar-refractivity contribution in [2.24, 2.45) is 0 Å². The summed E-state index contributed by atoms with van der Waals surface area (Å²) in [5.41, 5.74) is -0.0287. The van der Waals surface area contributed by atoms with Crippen molar-refractivity contribution in [1.82, 2.24) is 10.1 Å². The van der Waals surface area contributed by atoms with Crippen LogP contribution >= 0.6 is 34.8 Å². The Balaban J connectivity index is 2.24. The average molecular weight is 376 g/mol. The second-order valence-electron chi connectivity index (χ2n) is 5.71. The molecule has 2 aromatic rings. The molecule has 0 amide bonds. The molecule has 0 unspecified atom stereocenters. The normalized spacial score (nSPS) is 15.9. The summed E-state index contributed by atoms with van der Waals surface area (Å²) >= 11 is 18.3. The Morgan fingerprint density at radius 3 is 2.26 bits per heavy atom. The molecule has 0 atom stereocenters. The predicted molar refractivity (Wildman–Crippen MR) is 88.5 cm³/mol. The lowest BCUT2D eigenvalue weighted by Crippen LogP contribution is -2.28. The van der Waals surface area contributed by atoms with E-state index in [-0.39, 0.29) is 21.3 Å². The van der Waals surface area contributed by atoms with Gasteiger partial charge in [-0.2, -0.15) is 0 Å². The van der Waals surface area contributed by atoms with Crippen molar-refractivity contribution in [1.29, 1.82) is 0 Å². The topological polar surface area (TPSA) is 66.6 Å². The van der Waals surface area contributed by atoms with Crippen LogP contribution in [0.2, 0.25) is 15.1 Å². The number of carbonyl (C=O) groups is 1. The van der Waals surface area contributed by atoms with Crippen molar-refractivity contribution in [3.05, 3.63) is 38.5 Å². The Labute approximate surface area is 147 Å². The summed E-state index contributed by atoms with van der Waals surface area (Å²) in [5.74, 6) is -0.807. The van der Waals surface area contributed by atoms with Crippen LogP contribution in [-0.2, 0) is 5.54 Å². The van der Waals surface area contributed by atoms with Crippen LogP contribution in [-0.4, -0.2) is 35.2 Å². The van der Waals surface area contributed by atoms with E-state index in [1.54, 1.807) is 0 Å². The molecule has 0 saturated heterocycles. The zero-order valence-corrected chi connectivity index (χ0v) is 14.6. The maximum absolute atomic E-state index is 11.8. The van der Waals surface area contributed by atoms with Gasteiger partial charge in [0.05, 0.1) is 15.6 Å². The fraction of sp³-hybridized carbons (Fsp3) is 0.333. The van der Waals surface area contributed by atoms with Gasteiger partial charge in [-0.05, 0) is 39.1 Å². The summed E-state index contributed by atoms with van der Waals surface area (Å²) in [6.45, 7) is 0. The molecule has 1 aromatic heterocycles. The largest absolute Gasteiger partial charge is 0.477 e. The van der Waals surface area contributed by atoms with Gasteiger partial charge in [0.2, 0.25) is 0 Å². The summed E-state index contributed by atoms with van der Waals surface area (Å²) in [4.78, 5) is 13.8. The SMILES string of the molecule is CN(C)C1(c2onc(-c3c(Cl)cc(Cl)cc3Cl)c2C(=O)O)CC1. The van der Waals surface area contributed by atoms with Crippen molar-refractivity contribution in [2.45, 2.75) is 18.4 Å². The summed E-state index contributed by atoms with van der Waals surface area (Å²) in [7, 11) is 3.76. The molecule has 23 heavy (non-hydrogen) atoms. The number of halogens is 3. The molecule has 1 fully saturated rings. The van der Waals surface area contributed by atoms with Crippen LogP contribution in [0.4, 0.5) is 0 Å². The third kappa shape index (κ3) is 2.62. The maximum atomic E-state index is 11.8. The van der Waals surface area contributed by atoms with Gasteiger partial charge in [0.1, 0.15) is 11.3 Å². The molecule has 1 saturated carbocycles. The molecular formula is C15H13Cl3N2O3. The average Bonchev–Trinajstić information content (AvgIpc) is 3.12. The number of hydrogen-bond donors (Lipinski definition) is 1. The second-order valence-corrected chi connectivity index (χ2v) is 6.96. The number of carboxylic acids is 1. The molecular weight excluding hydrogens is 363 g/mol. The second kappa shape index (κ2) is 5.67. The van der Waals surface area contributed by atoms with Crippen molar-refractivity contribution < 1.29 is 14.4 Å². The van der Waals surface area contributed by atoms with Crippen LogP contribution in [0.1, 0.15) is 29.0 Å². The highest BCUT2D eigenvalue weighted by molar-refractivity contribution is 6.42. The minimum atomic E-state index is -1.13. The van der Waals surface area contributed by atoms with Gasteiger partial charge in [0.25, 0.3) is 0 Å². The molecule has 1 aromatic carbocycles. The third-order valence-corrected chi connectivity index (χ3v) is 4.97. The highest BCUT2D eigenvalue weighted by atomic mass is 35.5. The monoisotopic (exact) mass is 374 g/mol. The lowest BCUT2D eigenvalue weighted by atomic mass is 10.0. The number of aromatic carboxylic acids is 1. The molecule has 0 radical (unpaired) electrons. The predicted octanol–water partition coefficient (Wildman–Crippen LogP) is 4.55. The third-order valence-electron chi connectivity index (χ3n) is 4.15. The van der Waals surface area contributed by atoms with E-state index in [4.69, 9.17) is 39.3 Å². The van der Waals surface area contributed by atoms with Crippen LogP contribution in [0, 0.1) is 0 Å². The molecule has 122 valence electrons.